The van der Waals surface area contributed by atoms with Crippen LogP contribution in [0.15, 0.2) is 49.6 Å². The molecule has 1 aromatic carbocycles. The standard InChI is InChI=1S/C32H43BrN4O7/c1-4-11-35(14-13-34-16-19-42-20-17-34)31(41)28-32-21-24(33)27(44-32)25(26(32)30(40)37(28)15-18-38)29(39)36(12-5-2)22-7-9-23(10-8-22)43-6-3/h4-5,7-10,24-28,38H,1-2,6,11-21H2,3H3/t24?,25-,26+,27-,28?,32?/m1/s1. The topological polar surface area (TPSA) is 112 Å². The molecule has 4 fully saturated rings. The fourth-order valence-corrected chi connectivity index (χ4v) is 8.21. The lowest BCUT2D eigenvalue weighted by atomic mass is 9.70. The Morgan fingerprint density at radius 1 is 1.14 bits per heavy atom. The molecule has 2 bridgehead atoms. The van der Waals surface area contributed by atoms with Crippen LogP contribution in [0.3, 0.4) is 0 Å². The lowest BCUT2D eigenvalue weighted by Gasteiger charge is -2.38. The highest BCUT2D eigenvalue weighted by molar-refractivity contribution is 9.09. The van der Waals surface area contributed by atoms with E-state index in [1.54, 1.807) is 34.1 Å². The van der Waals surface area contributed by atoms with E-state index in [2.05, 4.69) is 34.0 Å². The van der Waals surface area contributed by atoms with Crippen molar-refractivity contribution >= 4 is 39.3 Å². The quantitative estimate of drug-likeness (QED) is 0.235. The lowest BCUT2D eigenvalue weighted by Crippen LogP contribution is -2.58. The summed E-state index contributed by atoms with van der Waals surface area (Å²) in [5, 5.41) is 9.98. The number of aliphatic hydroxyl groups excluding tert-OH is 1. The van der Waals surface area contributed by atoms with E-state index in [0.29, 0.717) is 57.3 Å². The first-order chi connectivity index (χ1) is 21.3. The Balaban J connectivity index is 1.46. The maximum atomic E-state index is 14.4. The van der Waals surface area contributed by atoms with Crippen LogP contribution in [0.5, 0.6) is 5.75 Å². The van der Waals surface area contributed by atoms with Crippen LogP contribution < -0.4 is 9.64 Å². The molecule has 0 saturated carbocycles. The molecular weight excluding hydrogens is 632 g/mol. The van der Waals surface area contributed by atoms with Gasteiger partial charge in [0.1, 0.15) is 17.4 Å². The fraction of sp³-hybridized carbons (Fsp3) is 0.594. The summed E-state index contributed by atoms with van der Waals surface area (Å²) in [5.41, 5.74) is -0.564. The summed E-state index contributed by atoms with van der Waals surface area (Å²) in [4.78, 5) is 49.8. The van der Waals surface area contributed by atoms with Gasteiger partial charge < -0.3 is 34.0 Å². The van der Waals surface area contributed by atoms with Crippen molar-refractivity contribution in [3.05, 3.63) is 49.6 Å². The zero-order chi connectivity index (χ0) is 31.4. The van der Waals surface area contributed by atoms with E-state index in [-0.39, 0.29) is 42.2 Å². The second-order valence-electron chi connectivity index (χ2n) is 11.6. The number of ether oxygens (including phenoxy) is 3. The minimum atomic E-state index is -1.21. The molecule has 4 heterocycles. The van der Waals surface area contributed by atoms with Gasteiger partial charge in [0.25, 0.3) is 0 Å². The van der Waals surface area contributed by atoms with E-state index in [1.807, 2.05) is 19.1 Å². The molecule has 6 atom stereocenters. The second kappa shape index (κ2) is 14.1. The van der Waals surface area contributed by atoms with Gasteiger partial charge in [-0.3, -0.25) is 19.3 Å². The molecular formula is C32H43BrN4O7. The molecule has 1 spiro atoms. The Labute approximate surface area is 267 Å². The van der Waals surface area contributed by atoms with E-state index in [1.165, 1.54) is 4.90 Å². The average Bonchev–Trinajstić information content (AvgIpc) is 3.62. The van der Waals surface area contributed by atoms with Crippen molar-refractivity contribution in [1.29, 1.82) is 0 Å². The number of morpholine rings is 1. The summed E-state index contributed by atoms with van der Waals surface area (Å²) in [5.74, 6) is -1.87. The van der Waals surface area contributed by atoms with Crippen molar-refractivity contribution < 1.29 is 33.7 Å². The SMILES string of the molecule is C=CCN(CCN1CCOCC1)C(=O)C1N(CCO)C(=O)[C@@H]2[C@@H](C(=O)N(CC=C)c3ccc(OCC)cc3)[C@@H]3OC12CC3Br. The third-order valence-electron chi connectivity index (χ3n) is 9.14. The fourth-order valence-electron chi connectivity index (χ4n) is 7.27. The van der Waals surface area contributed by atoms with Crippen LogP contribution in [0.25, 0.3) is 0 Å². The van der Waals surface area contributed by atoms with Crippen molar-refractivity contribution in [1.82, 2.24) is 14.7 Å². The minimum absolute atomic E-state index is 0.0317. The van der Waals surface area contributed by atoms with Gasteiger partial charge >= 0.3 is 0 Å². The van der Waals surface area contributed by atoms with Crippen LogP contribution in [0.1, 0.15) is 13.3 Å². The summed E-state index contributed by atoms with van der Waals surface area (Å²) < 4.78 is 17.7. The number of fused-ring (bicyclic) bond motifs is 1. The molecule has 0 aromatic heterocycles. The molecule has 240 valence electrons. The largest absolute Gasteiger partial charge is 0.494 e. The summed E-state index contributed by atoms with van der Waals surface area (Å²) >= 11 is 3.74. The number of alkyl halides is 1. The zero-order valence-electron chi connectivity index (χ0n) is 25.3. The van der Waals surface area contributed by atoms with Crippen molar-refractivity contribution in [3.8, 4) is 5.75 Å². The van der Waals surface area contributed by atoms with Crippen molar-refractivity contribution in [2.24, 2.45) is 11.8 Å². The highest BCUT2D eigenvalue weighted by Gasteiger charge is 2.76. The number of carbonyl (C=O) groups is 3. The first kappa shape index (κ1) is 32.6. The number of rotatable bonds is 14. The molecule has 1 aromatic rings. The van der Waals surface area contributed by atoms with Gasteiger partial charge in [-0.2, -0.15) is 0 Å². The van der Waals surface area contributed by atoms with Crippen LogP contribution in [-0.4, -0.2) is 132 Å². The first-order valence-electron chi connectivity index (χ1n) is 15.4. The smallest absolute Gasteiger partial charge is 0.248 e. The molecule has 4 aliphatic rings. The number of benzene rings is 1. The Bertz CT molecular complexity index is 1230. The number of amides is 3. The average molecular weight is 676 g/mol. The van der Waals surface area contributed by atoms with Gasteiger partial charge in [-0.15, -0.1) is 13.2 Å². The van der Waals surface area contributed by atoms with E-state index in [9.17, 15) is 19.5 Å². The summed E-state index contributed by atoms with van der Waals surface area (Å²) in [6, 6.07) is 6.25. The maximum absolute atomic E-state index is 14.4. The molecule has 0 radical (unpaired) electrons. The van der Waals surface area contributed by atoms with Gasteiger partial charge in [-0.25, -0.2) is 0 Å². The number of hydrogen-bond acceptors (Lipinski definition) is 8. The summed E-state index contributed by atoms with van der Waals surface area (Å²) in [7, 11) is 0. The van der Waals surface area contributed by atoms with Crippen molar-refractivity contribution in [2.75, 3.05) is 77.1 Å². The number of anilines is 1. The maximum Gasteiger partial charge on any atom is 0.248 e. The van der Waals surface area contributed by atoms with Gasteiger partial charge in [-0.1, -0.05) is 28.1 Å². The number of nitrogens with zero attached hydrogens (tertiary/aromatic N) is 4. The van der Waals surface area contributed by atoms with Gasteiger partial charge in [-0.05, 0) is 37.6 Å². The highest BCUT2D eigenvalue weighted by atomic mass is 79.9. The Morgan fingerprint density at radius 3 is 2.48 bits per heavy atom. The lowest BCUT2D eigenvalue weighted by molar-refractivity contribution is -0.148. The van der Waals surface area contributed by atoms with Gasteiger partial charge in [0.05, 0.1) is 44.4 Å². The van der Waals surface area contributed by atoms with Crippen LogP contribution in [0, 0.1) is 11.8 Å². The predicted molar refractivity (Wildman–Crippen MR) is 169 cm³/mol. The highest BCUT2D eigenvalue weighted by Crippen LogP contribution is 2.60. The Kier molecular flexibility index (Phi) is 10.5. The number of hydrogen-bond donors (Lipinski definition) is 1. The van der Waals surface area contributed by atoms with Gasteiger partial charge in [0.15, 0.2) is 0 Å². The number of carbonyl (C=O) groups excluding carboxylic acids is 3. The van der Waals surface area contributed by atoms with E-state index in [4.69, 9.17) is 14.2 Å². The number of aliphatic hydroxyl groups is 1. The summed E-state index contributed by atoms with van der Waals surface area (Å²) in [6.45, 7) is 14.3. The number of halogens is 1. The molecule has 12 heteroatoms. The van der Waals surface area contributed by atoms with E-state index < -0.39 is 29.6 Å². The number of β-amino-alcohol motifs (C(OH)–C–C–N with tert-alkyl or cyclic N) is 1. The third kappa shape index (κ3) is 5.94. The molecule has 44 heavy (non-hydrogen) atoms. The minimum Gasteiger partial charge on any atom is -0.494 e. The molecule has 1 N–H and O–H groups in total. The third-order valence-corrected chi connectivity index (χ3v) is 9.98. The first-order valence-corrected chi connectivity index (χ1v) is 16.3. The monoisotopic (exact) mass is 674 g/mol. The zero-order valence-corrected chi connectivity index (χ0v) is 26.9. The van der Waals surface area contributed by atoms with Gasteiger partial charge in [0, 0.05) is 56.3 Å². The van der Waals surface area contributed by atoms with Crippen molar-refractivity contribution in [2.45, 2.75) is 35.9 Å². The Morgan fingerprint density at radius 2 is 1.84 bits per heavy atom. The van der Waals surface area contributed by atoms with Gasteiger partial charge in [0.2, 0.25) is 17.7 Å². The molecule has 5 rings (SSSR count). The second-order valence-corrected chi connectivity index (χ2v) is 12.8. The van der Waals surface area contributed by atoms with Crippen LogP contribution in [0.4, 0.5) is 5.69 Å². The van der Waals surface area contributed by atoms with Crippen LogP contribution in [0.2, 0.25) is 0 Å². The molecule has 4 aliphatic heterocycles. The molecule has 4 saturated heterocycles. The molecule has 0 aliphatic carbocycles. The molecule has 11 nitrogen and oxygen atoms in total. The Hall–Kier alpha value is -2.77. The van der Waals surface area contributed by atoms with E-state index in [0.717, 1.165) is 13.1 Å². The summed E-state index contributed by atoms with van der Waals surface area (Å²) in [6.07, 6.45) is 3.12. The van der Waals surface area contributed by atoms with Crippen molar-refractivity contribution in [3.63, 3.8) is 0 Å². The molecule has 3 amide bonds. The molecule has 3 unspecified atom stereocenters. The van der Waals surface area contributed by atoms with E-state index >= 15 is 0 Å². The van der Waals surface area contributed by atoms with Crippen LogP contribution >= 0.6 is 15.9 Å². The number of likely N-dealkylation sites (tertiary alicyclic amines) is 1. The normalized spacial score (nSPS) is 29.4. The predicted octanol–water partition coefficient (Wildman–Crippen LogP) is 1.69. The van der Waals surface area contributed by atoms with Crippen LogP contribution in [-0.2, 0) is 23.9 Å².